The maximum Gasteiger partial charge on any atom is 0.268 e. The number of phenols is 1. The van der Waals surface area contributed by atoms with Gasteiger partial charge in [0.05, 0.1) is 24.2 Å². The van der Waals surface area contributed by atoms with E-state index in [1.54, 1.807) is 30.3 Å². The molecule has 0 fully saturated rings. The number of carbonyl (C=O) groups excluding carboxylic acids is 1. The number of amides is 1. The minimum atomic E-state index is -3.95. The van der Waals surface area contributed by atoms with E-state index in [2.05, 4.69) is 10.3 Å². The molecule has 0 spiro atoms. The molecule has 2 atom stereocenters. The third-order valence-electron chi connectivity index (χ3n) is 6.59. The minimum absolute atomic E-state index is 0.00912. The summed E-state index contributed by atoms with van der Waals surface area (Å²) in [7, 11) is -2.44. The van der Waals surface area contributed by atoms with E-state index >= 15 is 0 Å². The van der Waals surface area contributed by atoms with Crippen molar-refractivity contribution in [1.82, 2.24) is 14.6 Å². The molecule has 0 radical (unpaired) electrons. The highest BCUT2D eigenvalue weighted by molar-refractivity contribution is 7.89. The number of aliphatic hydroxyl groups excluding tert-OH is 1. The summed E-state index contributed by atoms with van der Waals surface area (Å²) in [5, 5.41) is 24.8. The van der Waals surface area contributed by atoms with Gasteiger partial charge in [-0.25, -0.2) is 8.42 Å². The third-order valence-corrected chi connectivity index (χ3v) is 8.43. The second kappa shape index (κ2) is 12.5. The number of phenolic OH excluding ortho intramolecular Hbond substituents is 1. The van der Waals surface area contributed by atoms with Gasteiger partial charge in [0, 0.05) is 24.0 Å². The van der Waals surface area contributed by atoms with Crippen LogP contribution in [0.15, 0.2) is 83.8 Å². The van der Waals surface area contributed by atoms with Crippen LogP contribution >= 0.6 is 0 Å². The van der Waals surface area contributed by atoms with Crippen molar-refractivity contribution in [3.63, 3.8) is 0 Å². The summed E-state index contributed by atoms with van der Waals surface area (Å²) in [6.45, 7) is 3.77. The molecule has 3 aromatic carbocycles. The van der Waals surface area contributed by atoms with Gasteiger partial charge in [-0.1, -0.05) is 44.2 Å². The largest absolute Gasteiger partial charge is 0.508 e. The minimum Gasteiger partial charge on any atom is -0.508 e. The highest BCUT2D eigenvalue weighted by Crippen LogP contribution is 2.23. The van der Waals surface area contributed by atoms with Crippen molar-refractivity contribution in [2.75, 3.05) is 20.2 Å². The van der Waals surface area contributed by atoms with Gasteiger partial charge in [0.15, 0.2) is 0 Å². The number of hydrogen-bond donors (Lipinski definition) is 4. The van der Waals surface area contributed by atoms with Gasteiger partial charge >= 0.3 is 0 Å². The molecule has 10 heteroatoms. The van der Waals surface area contributed by atoms with Crippen LogP contribution in [0.2, 0.25) is 0 Å². The molecule has 1 amide bonds. The summed E-state index contributed by atoms with van der Waals surface area (Å²) < 4.78 is 33.6. The quantitative estimate of drug-likeness (QED) is 0.206. The maximum absolute atomic E-state index is 13.6. The molecule has 0 saturated heterocycles. The normalized spacial score (nSPS) is 13.4. The molecule has 4 N–H and O–H groups in total. The average molecular weight is 566 g/mol. The Kier molecular flexibility index (Phi) is 9.14. The molecule has 0 unspecified atom stereocenters. The molecule has 4 rings (SSSR count). The molecule has 0 saturated carbocycles. The number of carbonyl (C=O) groups is 1. The van der Waals surface area contributed by atoms with E-state index in [1.807, 2.05) is 44.2 Å². The highest BCUT2D eigenvalue weighted by atomic mass is 32.2. The van der Waals surface area contributed by atoms with Crippen molar-refractivity contribution in [1.29, 1.82) is 0 Å². The Morgan fingerprint density at radius 2 is 1.70 bits per heavy atom. The Morgan fingerprint density at radius 3 is 2.35 bits per heavy atom. The lowest BCUT2D eigenvalue weighted by Crippen LogP contribution is -2.51. The first-order chi connectivity index (χ1) is 19.1. The zero-order valence-corrected chi connectivity index (χ0v) is 23.6. The van der Waals surface area contributed by atoms with E-state index in [9.17, 15) is 23.4 Å². The number of benzene rings is 3. The van der Waals surface area contributed by atoms with Gasteiger partial charge in [-0.15, -0.1) is 0 Å². The molecule has 0 aliphatic carbocycles. The van der Waals surface area contributed by atoms with Crippen LogP contribution in [-0.4, -0.2) is 66.2 Å². The van der Waals surface area contributed by atoms with Crippen molar-refractivity contribution in [3.8, 4) is 11.5 Å². The zero-order chi connectivity index (χ0) is 28.9. The van der Waals surface area contributed by atoms with Crippen molar-refractivity contribution < 1.29 is 28.2 Å². The number of aromatic nitrogens is 1. The fourth-order valence-corrected chi connectivity index (χ4v) is 6.17. The first kappa shape index (κ1) is 29.1. The Balaban J connectivity index is 1.60. The molecule has 212 valence electrons. The molecule has 0 bridgehead atoms. The van der Waals surface area contributed by atoms with Crippen molar-refractivity contribution in [2.24, 2.45) is 5.92 Å². The SMILES string of the molecule is COc1ccc(S(=O)(=O)N(CC(C)C)C[C@@H](O)[C@H](Cc2ccccc2)NC(=O)c2cc3cc(O)ccc3[nH]2)cc1. The Bertz CT molecular complexity index is 1530. The van der Waals surface area contributed by atoms with Gasteiger partial charge < -0.3 is 25.3 Å². The van der Waals surface area contributed by atoms with Gasteiger partial charge in [-0.05, 0) is 66.4 Å². The lowest BCUT2D eigenvalue weighted by atomic mass is 10.0. The molecule has 4 aromatic rings. The number of aromatic hydroxyl groups is 1. The summed E-state index contributed by atoms with van der Waals surface area (Å²) >= 11 is 0. The van der Waals surface area contributed by atoms with Gasteiger partial charge in [-0.3, -0.25) is 4.79 Å². The average Bonchev–Trinajstić information content (AvgIpc) is 3.36. The third kappa shape index (κ3) is 7.01. The monoisotopic (exact) mass is 565 g/mol. The van der Waals surface area contributed by atoms with E-state index < -0.39 is 28.1 Å². The Hall–Kier alpha value is -3.86. The Labute approximate surface area is 234 Å². The summed E-state index contributed by atoms with van der Waals surface area (Å²) in [5.41, 5.74) is 1.81. The van der Waals surface area contributed by atoms with Crippen LogP contribution in [0.4, 0.5) is 0 Å². The van der Waals surface area contributed by atoms with Gasteiger partial charge in [-0.2, -0.15) is 4.31 Å². The number of aromatic amines is 1. The van der Waals surface area contributed by atoms with Crippen LogP contribution in [0, 0.1) is 5.92 Å². The van der Waals surface area contributed by atoms with E-state index in [0.717, 1.165) is 5.56 Å². The smallest absolute Gasteiger partial charge is 0.268 e. The van der Waals surface area contributed by atoms with E-state index in [4.69, 9.17) is 4.74 Å². The second-order valence-electron chi connectivity index (χ2n) is 10.2. The van der Waals surface area contributed by atoms with Crippen molar-refractivity contribution in [2.45, 2.75) is 37.3 Å². The summed E-state index contributed by atoms with van der Waals surface area (Å²) in [6.07, 6.45) is -0.934. The number of fused-ring (bicyclic) bond motifs is 1. The zero-order valence-electron chi connectivity index (χ0n) is 22.7. The lowest BCUT2D eigenvalue weighted by Gasteiger charge is -2.30. The number of rotatable bonds is 12. The first-order valence-electron chi connectivity index (χ1n) is 13.1. The number of sulfonamides is 1. The molecule has 0 aliphatic rings. The number of aliphatic hydroxyl groups is 1. The molecule has 40 heavy (non-hydrogen) atoms. The number of methoxy groups -OCH3 is 1. The van der Waals surface area contributed by atoms with Crippen molar-refractivity contribution >= 4 is 26.8 Å². The number of H-pyrrole nitrogens is 1. The number of nitrogens with zero attached hydrogens (tertiary/aromatic N) is 1. The molecule has 0 aliphatic heterocycles. The van der Waals surface area contributed by atoms with E-state index in [0.29, 0.717) is 16.7 Å². The van der Waals surface area contributed by atoms with Crippen LogP contribution in [-0.2, 0) is 16.4 Å². The molecular formula is C30H35N3O6S. The maximum atomic E-state index is 13.6. The van der Waals surface area contributed by atoms with Crippen LogP contribution in [0.5, 0.6) is 11.5 Å². The predicted molar refractivity (Wildman–Crippen MR) is 154 cm³/mol. The second-order valence-corrected chi connectivity index (χ2v) is 12.1. The predicted octanol–water partition coefficient (Wildman–Crippen LogP) is 3.93. The van der Waals surface area contributed by atoms with E-state index in [1.165, 1.54) is 29.6 Å². The fraction of sp³-hybridized carbons (Fsp3) is 0.300. The van der Waals surface area contributed by atoms with E-state index in [-0.39, 0.29) is 41.8 Å². The summed E-state index contributed by atoms with van der Waals surface area (Å²) in [5.74, 6) is 0.153. The molecule has 1 aromatic heterocycles. The fourth-order valence-electron chi connectivity index (χ4n) is 4.55. The topological polar surface area (TPSA) is 132 Å². The summed E-state index contributed by atoms with van der Waals surface area (Å²) in [6, 6.07) is 21.1. The van der Waals surface area contributed by atoms with Gasteiger partial charge in [0.2, 0.25) is 10.0 Å². The van der Waals surface area contributed by atoms with Crippen molar-refractivity contribution in [3.05, 3.63) is 90.1 Å². The van der Waals surface area contributed by atoms with Crippen LogP contribution in [0.3, 0.4) is 0 Å². The first-order valence-corrected chi connectivity index (χ1v) is 14.5. The molecule has 9 nitrogen and oxygen atoms in total. The van der Waals surface area contributed by atoms with Gasteiger partial charge in [0.25, 0.3) is 5.91 Å². The highest BCUT2D eigenvalue weighted by Gasteiger charge is 2.31. The summed E-state index contributed by atoms with van der Waals surface area (Å²) in [4.78, 5) is 16.4. The van der Waals surface area contributed by atoms with Crippen LogP contribution < -0.4 is 10.1 Å². The van der Waals surface area contributed by atoms with Crippen LogP contribution in [0.25, 0.3) is 10.9 Å². The number of hydrogen-bond acceptors (Lipinski definition) is 6. The molecule has 1 heterocycles. The van der Waals surface area contributed by atoms with Crippen LogP contribution in [0.1, 0.15) is 29.9 Å². The number of nitrogens with one attached hydrogen (secondary N) is 2. The number of ether oxygens (including phenoxy) is 1. The Morgan fingerprint density at radius 1 is 1.00 bits per heavy atom. The standard InChI is InChI=1S/C30H35N3O6S/c1-20(2)18-33(40(37,38)25-12-10-24(39-3)11-13-25)19-29(35)27(15-21-7-5-4-6-8-21)32-30(36)28-17-22-16-23(34)9-14-26(22)31-28/h4-14,16-17,20,27,29,31,34-35H,15,18-19H2,1-3H3,(H,32,36)/t27-,29+/m0/s1. The lowest BCUT2D eigenvalue weighted by molar-refractivity contribution is 0.0772. The van der Waals surface area contributed by atoms with Gasteiger partial charge in [0.1, 0.15) is 17.2 Å². The molecular weight excluding hydrogens is 530 g/mol.